The fourth-order valence-corrected chi connectivity index (χ4v) is 1.72. The molecule has 0 bridgehead atoms. The van der Waals surface area contributed by atoms with Gasteiger partial charge in [0, 0.05) is 24.4 Å². The minimum atomic E-state index is -0.851. The second-order valence-corrected chi connectivity index (χ2v) is 5.44. The Morgan fingerprint density at radius 2 is 2.00 bits per heavy atom. The van der Waals surface area contributed by atoms with E-state index < -0.39 is 22.3 Å². The smallest absolute Gasteiger partial charge is 0.319 e. The monoisotopic (exact) mass is 309 g/mol. The molecular weight excluding hydrogens is 290 g/mol. The average Bonchev–Trinajstić information content (AvgIpc) is 2.46. The molecule has 2 amide bonds. The molecule has 0 saturated carbocycles. The number of rotatable bonds is 5. The minimum Gasteiger partial charge on any atom is -0.469 e. The maximum absolute atomic E-state index is 11.8. The molecule has 8 heteroatoms. The summed E-state index contributed by atoms with van der Waals surface area (Å²) in [6.45, 7) is 5.05. The molecule has 0 fully saturated rings. The molecular formula is C14H19N3O5. The van der Waals surface area contributed by atoms with Crippen LogP contribution in [0, 0.1) is 22.5 Å². The highest BCUT2D eigenvalue weighted by atomic mass is 16.6. The van der Waals surface area contributed by atoms with Crippen LogP contribution < -0.4 is 10.6 Å². The summed E-state index contributed by atoms with van der Waals surface area (Å²) in [4.78, 5) is 33.5. The number of anilines is 1. The molecule has 0 aliphatic carbocycles. The third kappa shape index (κ3) is 4.44. The van der Waals surface area contributed by atoms with Crippen molar-refractivity contribution in [1.82, 2.24) is 5.32 Å². The van der Waals surface area contributed by atoms with Gasteiger partial charge in [0.1, 0.15) is 0 Å². The number of hydrogen-bond donors (Lipinski definition) is 2. The predicted octanol–water partition coefficient (Wildman–Crippen LogP) is 2.22. The summed E-state index contributed by atoms with van der Waals surface area (Å²) < 4.78 is 4.65. The van der Waals surface area contributed by atoms with Crippen LogP contribution in [-0.2, 0) is 9.53 Å². The number of nitro benzene ring substituents is 1. The van der Waals surface area contributed by atoms with Crippen LogP contribution >= 0.6 is 0 Å². The highest BCUT2D eigenvalue weighted by Crippen LogP contribution is 2.21. The number of aryl methyl sites for hydroxylation is 1. The second-order valence-electron chi connectivity index (χ2n) is 5.44. The molecule has 8 nitrogen and oxygen atoms in total. The fraction of sp³-hybridized carbons (Fsp3) is 0.429. The largest absolute Gasteiger partial charge is 0.469 e. The Labute approximate surface area is 128 Å². The van der Waals surface area contributed by atoms with Gasteiger partial charge in [0.05, 0.1) is 17.4 Å². The fourth-order valence-electron chi connectivity index (χ4n) is 1.72. The van der Waals surface area contributed by atoms with E-state index in [-0.39, 0.29) is 12.2 Å². The van der Waals surface area contributed by atoms with E-state index in [1.807, 2.05) is 0 Å². The SMILES string of the molecule is COC(=O)C(C)(C)CNC(=O)Nc1ccc([N+](=O)[O-])cc1C. The number of esters is 1. The van der Waals surface area contributed by atoms with Gasteiger partial charge in [-0.3, -0.25) is 14.9 Å². The summed E-state index contributed by atoms with van der Waals surface area (Å²) in [5.74, 6) is -0.431. The van der Waals surface area contributed by atoms with E-state index in [4.69, 9.17) is 0 Å². The predicted molar refractivity (Wildman–Crippen MR) is 80.7 cm³/mol. The van der Waals surface area contributed by atoms with Gasteiger partial charge in [-0.1, -0.05) is 0 Å². The lowest BCUT2D eigenvalue weighted by Crippen LogP contribution is -2.41. The number of ether oxygens (including phenoxy) is 1. The van der Waals surface area contributed by atoms with Crippen molar-refractivity contribution < 1.29 is 19.2 Å². The van der Waals surface area contributed by atoms with Crippen molar-refractivity contribution in [2.45, 2.75) is 20.8 Å². The van der Waals surface area contributed by atoms with E-state index in [0.717, 1.165) is 0 Å². The lowest BCUT2D eigenvalue weighted by atomic mass is 9.94. The maximum atomic E-state index is 11.8. The molecule has 22 heavy (non-hydrogen) atoms. The van der Waals surface area contributed by atoms with Crippen LogP contribution in [0.15, 0.2) is 18.2 Å². The number of nitrogens with one attached hydrogen (secondary N) is 2. The summed E-state index contributed by atoms with van der Waals surface area (Å²) in [5.41, 5.74) is 0.127. The van der Waals surface area contributed by atoms with Crippen LogP contribution in [0.2, 0.25) is 0 Å². The zero-order valence-electron chi connectivity index (χ0n) is 12.9. The molecule has 0 spiro atoms. The van der Waals surface area contributed by atoms with Crippen molar-refractivity contribution in [2.75, 3.05) is 19.0 Å². The zero-order chi connectivity index (χ0) is 16.9. The quantitative estimate of drug-likeness (QED) is 0.492. The first-order valence-electron chi connectivity index (χ1n) is 6.55. The van der Waals surface area contributed by atoms with Crippen LogP contribution in [0.25, 0.3) is 0 Å². The number of methoxy groups -OCH3 is 1. The molecule has 0 unspecified atom stereocenters. The molecule has 0 atom stereocenters. The number of amides is 2. The summed E-state index contributed by atoms with van der Waals surface area (Å²) in [6, 6.07) is 3.63. The lowest BCUT2D eigenvalue weighted by molar-refractivity contribution is -0.384. The van der Waals surface area contributed by atoms with E-state index in [1.165, 1.54) is 25.3 Å². The van der Waals surface area contributed by atoms with Crippen molar-refractivity contribution in [2.24, 2.45) is 5.41 Å². The molecule has 0 heterocycles. The van der Waals surface area contributed by atoms with Crippen LogP contribution in [0.3, 0.4) is 0 Å². The van der Waals surface area contributed by atoms with Crippen molar-refractivity contribution >= 4 is 23.4 Å². The van der Waals surface area contributed by atoms with Gasteiger partial charge in [-0.15, -0.1) is 0 Å². The first-order chi connectivity index (χ1) is 10.2. The molecule has 1 aromatic rings. The Bertz CT molecular complexity index is 598. The summed E-state index contributed by atoms with van der Waals surface area (Å²) in [5, 5.41) is 15.8. The molecule has 0 aliphatic rings. The Kier molecular flexibility index (Phi) is 5.44. The molecule has 0 aromatic heterocycles. The van der Waals surface area contributed by atoms with Crippen LogP contribution in [0.4, 0.5) is 16.2 Å². The van der Waals surface area contributed by atoms with Crippen molar-refractivity contribution in [3.05, 3.63) is 33.9 Å². The normalized spacial score (nSPS) is 10.7. The van der Waals surface area contributed by atoms with E-state index in [2.05, 4.69) is 15.4 Å². The highest BCUT2D eigenvalue weighted by Gasteiger charge is 2.29. The number of urea groups is 1. The topological polar surface area (TPSA) is 111 Å². The molecule has 2 N–H and O–H groups in total. The third-order valence-corrected chi connectivity index (χ3v) is 3.10. The van der Waals surface area contributed by atoms with E-state index in [1.54, 1.807) is 20.8 Å². The summed E-state index contributed by atoms with van der Waals surface area (Å²) in [6.07, 6.45) is 0. The first-order valence-corrected chi connectivity index (χ1v) is 6.55. The van der Waals surface area contributed by atoms with Gasteiger partial charge in [-0.05, 0) is 32.4 Å². The van der Waals surface area contributed by atoms with E-state index in [0.29, 0.717) is 11.3 Å². The standard InChI is InChI=1S/C14H19N3O5/c1-9-7-10(17(20)21)5-6-11(9)16-13(19)15-8-14(2,3)12(18)22-4/h5-7H,8H2,1-4H3,(H2,15,16,19). The first kappa shape index (κ1) is 17.4. The lowest BCUT2D eigenvalue weighted by Gasteiger charge is -2.21. The highest BCUT2D eigenvalue weighted by molar-refractivity contribution is 5.90. The minimum absolute atomic E-state index is 0.0460. The van der Waals surface area contributed by atoms with Gasteiger partial charge in [0.25, 0.3) is 5.69 Å². The number of carbonyl (C=O) groups excluding carboxylic acids is 2. The van der Waals surface area contributed by atoms with Crippen LogP contribution in [0.1, 0.15) is 19.4 Å². The van der Waals surface area contributed by atoms with Gasteiger partial charge >= 0.3 is 12.0 Å². The Morgan fingerprint density at radius 1 is 1.36 bits per heavy atom. The molecule has 0 radical (unpaired) electrons. The molecule has 1 rings (SSSR count). The number of hydrogen-bond acceptors (Lipinski definition) is 5. The van der Waals surface area contributed by atoms with Crippen molar-refractivity contribution in [3.63, 3.8) is 0 Å². The Hall–Kier alpha value is -2.64. The third-order valence-electron chi connectivity index (χ3n) is 3.10. The number of non-ortho nitro benzene ring substituents is 1. The van der Waals surface area contributed by atoms with E-state index in [9.17, 15) is 19.7 Å². The zero-order valence-corrected chi connectivity index (χ0v) is 12.9. The molecule has 120 valence electrons. The number of nitrogens with zero attached hydrogens (tertiary/aromatic N) is 1. The maximum Gasteiger partial charge on any atom is 0.319 e. The van der Waals surface area contributed by atoms with Crippen LogP contribution in [0.5, 0.6) is 0 Å². The van der Waals surface area contributed by atoms with Gasteiger partial charge in [0.15, 0.2) is 0 Å². The Balaban J connectivity index is 2.66. The van der Waals surface area contributed by atoms with Gasteiger partial charge < -0.3 is 15.4 Å². The summed E-state index contributed by atoms with van der Waals surface area (Å²) >= 11 is 0. The van der Waals surface area contributed by atoms with E-state index >= 15 is 0 Å². The van der Waals surface area contributed by atoms with Crippen molar-refractivity contribution in [3.8, 4) is 0 Å². The second kappa shape index (κ2) is 6.88. The number of nitro groups is 1. The van der Waals surface area contributed by atoms with Crippen LogP contribution in [-0.4, -0.2) is 30.6 Å². The molecule has 0 aliphatic heterocycles. The molecule has 1 aromatic carbocycles. The van der Waals surface area contributed by atoms with Gasteiger partial charge in [-0.2, -0.15) is 0 Å². The van der Waals surface area contributed by atoms with Crippen molar-refractivity contribution in [1.29, 1.82) is 0 Å². The summed E-state index contributed by atoms with van der Waals surface area (Å²) in [7, 11) is 1.28. The molecule has 0 saturated heterocycles. The number of benzene rings is 1. The number of carbonyl (C=O) groups is 2. The van der Waals surface area contributed by atoms with Gasteiger partial charge in [0.2, 0.25) is 0 Å². The Morgan fingerprint density at radius 3 is 2.50 bits per heavy atom. The van der Waals surface area contributed by atoms with Gasteiger partial charge in [-0.25, -0.2) is 4.79 Å². The average molecular weight is 309 g/mol.